The Bertz CT molecular complexity index is 360. The van der Waals surface area contributed by atoms with Crippen molar-refractivity contribution >= 4 is 12.2 Å². The number of aromatic amines is 1. The molecule has 0 unspecified atom stereocenters. The van der Waals surface area contributed by atoms with E-state index in [0.29, 0.717) is 0 Å². The summed E-state index contributed by atoms with van der Waals surface area (Å²) in [5, 5.41) is 0. The Hall–Kier alpha value is -1.57. The third kappa shape index (κ3) is 1.72. The van der Waals surface area contributed by atoms with Crippen molar-refractivity contribution in [3.05, 3.63) is 46.4 Å². The maximum Gasteiger partial charge on any atom is 0.248 e. The summed E-state index contributed by atoms with van der Waals surface area (Å²) in [7, 11) is 0. The van der Waals surface area contributed by atoms with Crippen molar-refractivity contribution in [1.82, 2.24) is 4.98 Å². The first-order chi connectivity index (χ1) is 5.77. The van der Waals surface area contributed by atoms with Crippen LogP contribution < -0.4 is 5.56 Å². The van der Waals surface area contributed by atoms with Crippen LogP contribution in [0.4, 0.5) is 0 Å². The summed E-state index contributed by atoms with van der Waals surface area (Å²) in [4.78, 5) is 13.6. The lowest BCUT2D eigenvalue weighted by molar-refractivity contribution is 1.20. The molecule has 0 aliphatic heterocycles. The zero-order valence-electron chi connectivity index (χ0n) is 7.00. The van der Waals surface area contributed by atoms with Gasteiger partial charge in [-0.05, 0) is 24.6 Å². The van der Waals surface area contributed by atoms with Gasteiger partial charge < -0.3 is 4.98 Å². The Morgan fingerprint density at radius 3 is 2.83 bits per heavy atom. The van der Waals surface area contributed by atoms with E-state index in [1.807, 2.05) is 19.1 Å². The van der Waals surface area contributed by atoms with Gasteiger partial charge in [-0.15, -0.1) is 0 Å². The van der Waals surface area contributed by atoms with E-state index in [4.69, 9.17) is 0 Å². The fourth-order valence-electron chi connectivity index (χ4n) is 0.996. The van der Waals surface area contributed by atoms with Gasteiger partial charge in [0.2, 0.25) is 5.56 Å². The molecule has 0 aliphatic rings. The molecule has 0 saturated carbocycles. The fourth-order valence-corrected chi connectivity index (χ4v) is 0.996. The Labute approximate surface area is 71.3 Å². The van der Waals surface area contributed by atoms with E-state index >= 15 is 0 Å². The number of pyridine rings is 1. The van der Waals surface area contributed by atoms with Crippen LogP contribution in [0.15, 0.2) is 29.6 Å². The number of allylic oxidation sites excluding steroid dienone is 1. The largest absolute Gasteiger partial charge is 0.322 e. The number of aromatic nitrogens is 1. The number of hydrogen-bond acceptors (Lipinski definition) is 1. The highest BCUT2D eigenvalue weighted by Gasteiger charge is 1.94. The van der Waals surface area contributed by atoms with Crippen LogP contribution in [0.1, 0.15) is 18.2 Å². The molecule has 0 bridgehead atoms. The molecule has 0 saturated heterocycles. The summed E-state index contributed by atoms with van der Waals surface area (Å²) in [5.41, 5.74) is 1.64. The third-order valence-corrected chi connectivity index (χ3v) is 1.53. The highest BCUT2D eigenvalue weighted by Crippen LogP contribution is 2.06. The SMILES string of the molecule is C=Cc1[nH]c(=O)ccc1/C=C\C. The number of rotatable bonds is 2. The van der Waals surface area contributed by atoms with Crippen LogP contribution in [0, 0.1) is 0 Å². The maximum absolute atomic E-state index is 10.9. The summed E-state index contributed by atoms with van der Waals surface area (Å²) in [5.74, 6) is 0. The van der Waals surface area contributed by atoms with E-state index in [0.717, 1.165) is 11.3 Å². The molecule has 1 N–H and O–H groups in total. The number of hydrogen-bond donors (Lipinski definition) is 1. The van der Waals surface area contributed by atoms with Gasteiger partial charge in [-0.1, -0.05) is 18.7 Å². The van der Waals surface area contributed by atoms with Gasteiger partial charge in [-0.3, -0.25) is 4.79 Å². The predicted molar refractivity (Wildman–Crippen MR) is 51.9 cm³/mol. The first-order valence-electron chi connectivity index (χ1n) is 3.76. The molecule has 0 amide bonds. The van der Waals surface area contributed by atoms with Gasteiger partial charge >= 0.3 is 0 Å². The van der Waals surface area contributed by atoms with Crippen molar-refractivity contribution in [1.29, 1.82) is 0 Å². The van der Waals surface area contributed by atoms with Crippen molar-refractivity contribution < 1.29 is 0 Å². The van der Waals surface area contributed by atoms with E-state index in [9.17, 15) is 4.79 Å². The molecule has 0 aromatic carbocycles. The highest BCUT2D eigenvalue weighted by atomic mass is 16.1. The molecule has 0 fully saturated rings. The van der Waals surface area contributed by atoms with Crippen molar-refractivity contribution in [3.8, 4) is 0 Å². The molecule has 1 aromatic heterocycles. The van der Waals surface area contributed by atoms with Gasteiger partial charge in [0.25, 0.3) is 0 Å². The van der Waals surface area contributed by atoms with Gasteiger partial charge in [-0.2, -0.15) is 0 Å². The fraction of sp³-hybridized carbons (Fsp3) is 0.100. The van der Waals surface area contributed by atoms with Crippen molar-refractivity contribution in [2.24, 2.45) is 0 Å². The third-order valence-electron chi connectivity index (χ3n) is 1.53. The van der Waals surface area contributed by atoms with E-state index in [2.05, 4.69) is 11.6 Å². The van der Waals surface area contributed by atoms with Crippen molar-refractivity contribution in [2.45, 2.75) is 6.92 Å². The Morgan fingerprint density at radius 1 is 1.50 bits per heavy atom. The molecule has 1 rings (SSSR count). The van der Waals surface area contributed by atoms with Crippen LogP contribution in [0.2, 0.25) is 0 Å². The molecule has 0 spiro atoms. The number of nitrogens with one attached hydrogen (secondary N) is 1. The van der Waals surface area contributed by atoms with Gasteiger partial charge in [0.15, 0.2) is 0 Å². The topological polar surface area (TPSA) is 32.9 Å². The number of H-pyrrole nitrogens is 1. The van der Waals surface area contributed by atoms with Gasteiger partial charge in [0, 0.05) is 11.8 Å². The van der Waals surface area contributed by atoms with Crippen LogP contribution in [-0.4, -0.2) is 4.98 Å². The van der Waals surface area contributed by atoms with Gasteiger partial charge in [0.1, 0.15) is 0 Å². The maximum atomic E-state index is 10.9. The van der Waals surface area contributed by atoms with E-state index in [1.165, 1.54) is 6.07 Å². The molecular weight excluding hydrogens is 150 g/mol. The van der Waals surface area contributed by atoms with Gasteiger partial charge in [-0.25, -0.2) is 0 Å². The highest BCUT2D eigenvalue weighted by molar-refractivity contribution is 5.60. The molecule has 2 heteroatoms. The molecule has 12 heavy (non-hydrogen) atoms. The van der Waals surface area contributed by atoms with Gasteiger partial charge in [0.05, 0.1) is 0 Å². The van der Waals surface area contributed by atoms with E-state index in [-0.39, 0.29) is 5.56 Å². The zero-order valence-corrected chi connectivity index (χ0v) is 7.00. The van der Waals surface area contributed by atoms with Crippen LogP contribution >= 0.6 is 0 Å². The minimum absolute atomic E-state index is 0.0989. The Kier molecular flexibility index (Phi) is 2.64. The molecule has 0 radical (unpaired) electrons. The summed E-state index contributed by atoms with van der Waals surface area (Å²) in [6, 6.07) is 3.28. The quantitative estimate of drug-likeness (QED) is 0.707. The average molecular weight is 161 g/mol. The molecular formula is C10H11NO. The molecule has 62 valence electrons. The van der Waals surface area contributed by atoms with Crippen molar-refractivity contribution in [2.75, 3.05) is 0 Å². The predicted octanol–water partition coefficient (Wildman–Crippen LogP) is 2.05. The van der Waals surface area contributed by atoms with E-state index in [1.54, 1.807) is 12.1 Å². The minimum atomic E-state index is -0.0989. The van der Waals surface area contributed by atoms with E-state index < -0.39 is 0 Å². The summed E-state index contributed by atoms with van der Waals surface area (Å²) >= 11 is 0. The normalized spacial score (nSPS) is 10.4. The lowest BCUT2D eigenvalue weighted by Crippen LogP contribution is -2.05. The standard InChI is InChI=1S/C10H11NO/c1-3-5-8-6-7-10(12)11-9(8)4-2/h3-7H,2H2,1H3,(H,11,12)/b5-3-. The molecule has 0 aliphatic carbocycles. The zero-order chi connectivity index (χ0) is 8.97. The Morgan fingerprint density at radius 2 is 2.25 bits per heavy atom. The first kappa shape index (κ1) is 8.53. The average Bonchev–Trinajstić information content (AvgIpc) is 2.08. The van der Waals surface area contributed by atoms with Crippen LogP contribution in [0.25, 0.3) is 12.2 Å². The van der Waals surface area contributed by atoms with Crippen LogP contribution in [-0.2, 0) is 0 Å². The molecule has 2 nitrogen and oxygen atoms in total. The van der Waals surface area contributed by atoms with Crippen LogP contribution in [0.5, 0.6) is 0 Å². The van der Waals surface area contributed by atoms with Crippen LogP contribution in [0.3, 0.4) is 0 Å². The first-order valence-corrected chi connectivity index (χ1v) is 3.76. The second kappa shape index (κ2) is 3.72. The van der Waals surface area contributed by atoms with Crippen molar-refractivity contribution in [3.63, 3.8) is 0 Å². The smallest absolute Gasteiger partial charge is 0.248 e. The summed E-state index contributed by atoms with van der Waals surface area (Å²) < 4.78 is 0. The summed E-state index contributed by atoms with van der Waals surface area (Å²) in [6.07, 6.45) is 5.48. The Balaban J connectivity index is 3.29. The second-order valence-electron chi connectivity index (χ2n) is 2.40. The molecule has 1 aromatic rings. The lowest BCUT2D eigenvalue weighted by Gasteiger charge is -1.97. The molecule has 1 heterocycles. The second-order valence-corrected chi connectivity index (χ2v) is 2.40. The minimum Gasteiger partial charge on any atom is -0.322 e. The summed E-state index contributed by atoms with van der Waals surface area (Å²) in [6.45, 7) is 5.54. The lowest BCUT2D eigenvalue weighted by atomic mass is 10.2. The monoisotopic (exact) mass is 161 g/mol. The molecule has 0 atom stereocenters.